The summed E-state index contributed by atoms with van der Waals surface area (Å²) in [6.07, 6.45) is 1.62. The molecule has 1 unspecified atom stereocenters. The molecule has 8 heteroatoms. The number of benzene rings is 2. The maximum Gasteiger partial charge on any atom is 0.308 e. The molecule has 3 amide bonds. The normalized spacial score (nSPS) is 17.8. The third-order valence-corrected chi connectivity index (χ3v) is 5.02. The van der Waals surface area contributed by atoms with E-state index in [1.807, 2.05) is 0 Å². The van der Waals surface area contributed by atoms with E-state index in [1.54, 1.807) is 12.1 Å². The summed E-state index contributed by atoms with van der Waals surface area (Å²) < 4.78 is 10.5. The summed E-state index contributed by atoms with van der Waals surface area (Å²) in [6.45, 7) is 2.18. The molecule has 1 saturated heterocycles. The van der Waals surface area contributed by atoms with E-state index >= 15 is 0 Å². The lowest BCUT2D eigenvalue weighted by atomic mass is 10.1. The van der Waals surface area contributed by atoms with Crippen LogP contribution in [0.3, 0.4) is 0 Å². The summed E-state index contributed by atoms with van der Waals surface area (Å²) >= 11 is 0. The Morgan fingerprint density at radius 3 is 2.50 bits per heavy atom. The summed E-state index contributed by atoms with van der Waals surface area (Å²) in [6, 6.07) is 10.7. The van der Waals surface area contributed by atoms with Gasteiger partial charge in [0.2, 0.25) is 0 Å². The molecule has 1 fully saturated rings. The average Bonchev–Trinajstić information content (AvgIpc) is 3.31. The molecular weight excluding hydrogens is 388 g/mol. The summed E-state index contributed by atoms with van der Waals surface area (Å²) in [5.41, 5.74) is 1.35. The van der Waals surface area contributed by atoms with Gasteiger partial charge in [-0.25, -0.2) is 0 Å². The molecule has 0 aliphatic carbocycles. The van der Waals surface area contributed by atoms with Gasteiger partial charge in [0, 0.05) is 24.8 Å². The third-order valence-electron chi connectivity index (χ3n) is 5.02. The van der Waals surface area contributed by atoms with Crippen molar-refractivity contribution in [2.45, 2.75) is 25.9 Å². The lowest BCUT2D eigenvalue weighted by Gasteiger charge is -2.17. The highest BCUT2D eigenvalue weighted by Crippen LogP contribution is 2.27. The largest absolute Gasteiger partial charge is 0.427 e. The van der Waals surface area contributed by atoms with Crippen molar-refractivity contribution in [3.63, 3.8) is 0 Å². The van der Waals surface area contributed by atoms with Gasteiger partial charge in [-0.2, -0.15) is 0 Å². The molecule has 0 spiro atoms. The minimum Gasteiger partial charge on any atom is -0.427 e. The van der Waals surface area contributed by atoms with Crippen LogP contribution >= 0.6 is 0 Å². The second-order valence-electron chi connectivity index (χ2n) is 7.19. The Bertz CT molecular complexity index is 1020. The number of ether oxygens (including phenoxy) is 2. The molecule has 8 nitrogen and oxygen atoms in total. The zero-order valence-electron chi connectivity index (χ0n) is 16.3. The molecule has 30 heavy (non-hydrogen) atoms. The minimum absolute atomic E-state index is 0.124. The second-order valence-corrected chi connectivity index (χ2v) is 7.19. The number of nitrogens with zero attached hydrogens (tertiary/aromatic N) is 1. The Morgan fingerprint density at radius 1 is 1.10 bits per heavy atom. The van der Waals surface area contributed by atoms with E-state index < -0.39 is 11.9 Å². The van der Waals surface area contributed by atoms with Crippen LogP contribution in [0.5, 0.6) is 5.75 Å². The summed E-state index contributed by atoms with van der Waals surface area (Å²) in [5, 5.41) is 2.72. The van der Waals surface area contributed by atoms with Crippen LogP contribution in [0.1, 0.15) is 50.8 Å². The van der Waals surface area contributed by atoms with Gasteiger partial charge in [-0.05, 0) is 55.3 Å². The lowest BCUT2D eigenvalue weighted by Crippen LogP contribution is -2.36. The van der Waals surface area contributed by atoms with Gasteiger partial charge in [0.1, 0.15) is 5.75 Å². The number of imide groups is 1. The van der Waals surface area contributed by atoms with Crippen LogP contribution in [0, 0.1) is 0 Å². The van der Waals surface area contributed by atoms with Crippen LogP contribution in [0.15, 0.2) is 42.5 Å². The first kappa shape index (κ1) is 19.8. The lowest BCUT2D eigenvalue weighted by molar-refractivity contribution is -0.131. The van der Waals surface area contributed by atoms with Gasteiger partial charge in [-0.3, -0.25) is 24.1 Å². The predicted octanol–water partition coefficient (Wildman–Crippen LogP) is 2.64. The molecule has 2 aliphatic heterocycles. The van der Waals surface area contributed by atoms with Crippen LogP contribution in [-0.4, -0.2) is 47.8 Å². The molecule has 2 heterocycles. The molecule has 2 aromatic rings. The molecule has 0 aromatic heterocycles. The SMILES string of the molecule is CC(=O)Oc1ccc(C(=O)Nc2ccc3c(c2)C(=O)N(CC2CCCO2)C3=O)cc1. The Hall–Kier alpha value is -3.52. The number of carbonyl (C=O) groups is 4. The topological polar surface area (TPSA) is 102 Å². The van der Waals surface area contributed by atoms with Gasteiger partial charge in [0.15, 0.2) is 0 Å². The maximum atomic E-state index is 12.7. The Kier molecular flexibility index (Phi) is 5.33. The highest BCUT2D eigenvalue weighted by Gasteiger charge is 2.37. The first-order valence-electron chi connectivity index (χ1n) is 9.64. The van der Waals surface area contributed by atoms with Crippen LogP contribution in [0.25, 0.3) is 0 Å². The monoisotopic (exact) mass is 408 g/mol. The molecule has 0 radical (unpaired) electrons. The van der Waals surface area contributed by atoms with E-state index in [0.29, 0.717) is 29.2 Å². The van der Waals surface area contributed by atoms with Crippen molar-refractivity contribution in [2.24, 2.45) is 0 Å². The third kappa shape index (κ3) is 3.95. The van der Waals surface area contributed by atoms with Crippen LogP contribution in [0.2, 0.25) is 0 Å². The van der Waals surface area contributed by atoms with Crippen molar-refractivity contribution in [1.29, 1.82) is 0 Å². The van der Waals surface area contributed by atoms with Gasteiger partial charge in [-0.15, -0.1) is 0 Å². The number of anilines is 1. The number of hydrogen-bond acceptors (Lipinski definition) is 6. The van der Waals surface area contributed by atoms with Crippen LogP contribution in [-0.2, 0) is 9.53 Å². The fraction of sp³-hybridized carbons (Fsp3) is 0.273. The van der Waals surface area contributed by atoms with Crippen LogP contribution < -0.4 is 10.1 Å². The van der Waals surface area contributed by atoms with Crippen molar-refractivity contribution in [1.82, 2.24) is 4.90 Å². The first-order chi connectivity index (χ1) is 14.4. The van der Waals surface area contributed by atoms with E-state index in [-0.39, 0.29) is 30.0 Å². The molecule has 4 rings (SSSR count). The van der Waals surface area contributed by atoms with Crippen LogP contribution in [0.4, 0.5) is 5.69 Å². The summed E-state index contributed by atoms with van der Waals surface area (Å²) in [4.78, 5) is 50.0. The molecule has 2 aromatic carbocycles. The van der Waals surface area contributed by atoms with Gasteiger partial charge in [-0.1, -0.05) is 0 Å². The fourth-order valence-electron chi connectivity index (χ4n) is 3.57. The highest BCUT2D eigenvalue weighted by molar-refractivity contribution is 6.22. The summed E-state index contributed by atoms with van der Waals surface area (Å²) in [7, 11) is 0. The molecular formula is C22H20N2O6. The number of hydrogen-bond donors (Lipinski definition) is 1. The molecule has 1 N–H and O–H groups in total. The number of nitrogens with one attached hydrogen (secondary N) is 1. The smallest absolute Gasteiger partial charge is 0.308 e. The van der Waals surface area contributed by atoms with E-state index in [0.717, 1.165) is 12.8 Å². The van der Waals surface area contributed by atoms with Crippen molar-refractivity contribution >= 4 is 29.4 Å². The minimum atomic E-state index is -0.446. The Balaban J connectivity index is 1.46. The molecule has 2 aliphatic rings. The number of esters is 1. The zero-order valence-corrected chi connectivity index (χ0v) is 16.3. The number of carbonyl (C=O) groups excluding carboxylic acids is 4. The quantitative estimate of drug-likeness (QED) is 0.464. The van der Waals surface area contributed by atoms with E-state index in [2.05, 4.69) is 5.32 Å². The molecule has 1 atom stereocenters. The molecule has 154 valence electrons. The fourth-order valence-corrected chi connectivity index (χ4v) is 3.57. The number of amides is 3. The average molecular weight is 408 g/mol. The van der Waals surface area contributed by atoms with Gasteiger partial charge >= 0.3 is 5.97 Å². The zero-order chi connectivity index (χ0) is 21.3. The van der Waals surface area contributed by atoms with Crippen molar-refractivity contribution in [3.8, 4) is 5.75 Å². The standard InChI is InChI=1S/C22H20N2O6/c1-13(25)30-16-7-4-14(5-8-16)20(26)23-15-6-9-18-19(11-15)22(28)24(21(18)27)12-17-3-2-10-29-17/h4-9,11,17H,2-3,10,12H2,1H3,(H,23,26). The van der Waals surface area contributed by atoms with Gasteiger partial charge in [0.05, 0.1) is 23.8 Å². The van der Waals surface area contributed by atoms with E-state index in [9.17, 15) is 19.2 Å². The molecule has 0 saturated carbocycles. The van der Waals surface area contributed by atoms with Crippen molar-refractivity contribution < 1.29 is 28.7 Å². The first-order valence-corrected chi connectivity index (χ1v) is 9.64. The molecule has 0 bridgehead atoms. The Labute approximate surface area is 172 Å². The highest BCUT2D eigenvalue weighted by atomic mass is 16.5. The maximum absolute atomic E-state index is 12.7. The number of rotatable bonds is 5. The van der Waals surface area contributed by atoms with Gasteiger partial charge < -0.3 is 14.8 Å². The number of fused-ring (bicyclic) bond motifs is 1. The Morgan fingerprint density at radius 2 is 1.83 bits per heavy atom. The van der Waals surface area contributed by atoms with Crippen molar-refractivity contribution in [3.05, 3.63) is 59.2 Å². The summed E-state index contributed by atoms with van der Waals surface area (Å²) in [5.74, 6) is -1.22. The predicted molar refractivity (Wildman–Crippen MR) is 106 cm³/mol. The second kappa shape index (κ2) is 8.08. The van der Waals surface area contributed by atoms with E-state index in [4.69, 9.17) is 9.47 Å². The van der Waals surface area contributed by atoms with Gasteiger partial charge in [0.25, 0.3) is 17.7 Å². The van der Waals surface area contributed by atoms with E-state index in [1.165, 1.54) is 42.2 Å². The van der Waals surface area contributed by atoms with Crippen molar-refractivity contribution in [2.75, 3.05) is 18.5 Å².